The van der Waals surface area contributed by atoms with E-state index in [1.165, 1.54) is 0 Å². The summed E-state index contributed by atoms with van der Waals surface area (Å²) in [5.74, 6) is 1.31. The number of carbonyl (C=O) groups excluding carboxylic acids is 2. The summed E-state index contributed by atoms with van der Waals surface area (Å²) in [6.45, 7) is 5.81. The van der Waals surface area contributed by atoms with Crippen molar-refractivity contribution < 1.29 is 9.59 Å². The molecule has 90 valence electrons. The molecule has 2 heteroatoms. The lowest BCUT2D eigenvalue weighted by Crippen LogP contribution is -2.33. The van der Waals surface area contributed by atoms with Crippen LogP contribution in [0.3, 0.4) is 0 Å². The molecular formula is C15H18O2. The number of fused-ring (bicyclic) bond motifs is 3. The monoisotopic (exact) mass is 230 g/mol. The van der Waals surface area contributed by atoms with Crippen LogP contribution in [0.2, 0.25) is 0 Å². The van der Waals surface area contributed by atoms with E-state index in [1.807, 2.05) is 13.0 Å². The van der Waals surface area contributed by atoms with Gasteiger partial charge in [-0.3, -0.25) is 9.59 Å². The Balaban J connectivity index is 2.02. The van der Waals surface area contributed by atoms with Crippen LogP contribution >= 0.6 is 0 Å². The standard InChI is InChI=1S/C15H18O2/c1-3-7-15(2)12(16)8-11-13(15)9-5-4-6-10(9)14(11)17/h3-4,6,9-11,13H,1,5,7-8H2,2H3/t9-,10+,11+,13+,15?/m1/s1. The molecule has 0 aliphatic heterocycles. The fourth-order valence-electron chi connectivity index (χ4n) is 4.38. The molecule has 3 rings (SSSR count). The van der Waals surface area contributed by atoms with Crippen LogP contribution in [0.1, 0.15) is 26.2 Å². The Kier molecular flexibility index (Phi) is 2.19. The fourth-order valence-corrected chi connectivity index (χ4v) is 4.38. The number of allylic oxidation sites excluding steroid dienone is 3. The number of hydrogen-bond donors (Lipinski definition) is 0. The zero-order valence-corrected chi connectivity index (χ0v) is 10.2. The molecule has 2 fully saturated rings. The molecule has 0 aromatic carbocycles. The van der Waals surface area contributed by atoms with Crippen molar-refractivity contribution in [2.24, 2.45) is 29.1 Å². The number of ketones is 2. The van der Waals surface area contributed by atoms with E-state index in [4.69, 9.17) is 0 Å². The van der Waals surface area contributed by atoms with Crippen molar-refractivity contribution in [3.8, 4) is 0 Å². The van der Waals surface area contributed by atoms with Gasteiger partial charge in [0.1, 0.15) is 11.6 Å². The number of carbonyl (C=O) groups is 2. The molecule has 17 heavy (non-hydrogen) atoms. The summed E-state index contributed by atoms with van der Waals surface area (Å²) < 4.78 is 0. The van der Waals surface area contributed by atoms with Crippen molar-refractivity contribution in [2.45, 2.75) is 26.2 Å². The predicted molar refractivity (Wildman–Crippen MR) is 65.3 cm³/mol. The molecule has 1 unspecified atom stereocenters. The van der Waals surface area contributed by atoms with Crippen LogP contribution in [0.4, 0.5) is 0 Å². The molecule has 0 aromatic rings. The summed E-state index contributed by atoms with van der Waals surface area (Å²) in [7, 11) is 0. The molecule has 0 saturated heterocycles. The Bertz CT molecular complexity index is 434. The second-order valence-corrected chi connectivity index (χ2v) is 5.93. The molecule has 0 radical (unpaired) electrons. The maximum atomic E-state index is 12.3. The summed E-state index contributed by atoms with van der Waals surface area (Å²) in [5.41, 5.74) is -0.340. The molecule has 3 aliphatic rings. The first-order valence-electron chi connectivity index (χ1n) is 6.44. The third kappa shape index (κ3) is 1.21. The molecule has 5 atom stereocenters. The van der Waals surface area contributed by atoms with Gasteiger partial charge in [-0.1, -0.05) is 25.2 Å². The first-order chi connectivity index (χ1) is 8.09. The summed E-state index contributed by atoms with van der Waals surface area (Å²) in [5, 5.41) is 0. The highest BCUT2D eigenvalue weighted by Crippen LogP contribution is 2.59. The molecule has 3 aliphatic carbocycles. The van der Waals surface area contributed by atoms with Crippen molar-refractivity contribution in [2.75, 3.05) is 0 Å². The van der Waals surface area contributed by atoms with Crippen LogP contribution in [-0.4, -0.2) is 11.6 Å². The topological polar surface area (TPSA) is 34.1 Å². The minimum Gasteiger partial charge on any atom is -0.299 e. The average molecular weight is 230 g/mol. The predicted octanol–water partition coefficient (Wildman–Crippen LogP) is 2.55. The van der Waals surface area contributed by atoms with Gasteiger partial charge in [-0.2, -0.15) is 0 Å². The highest BCUT2D eigenvalue weighted by Gasteiger charge is 2.62. The highest BCUT2D eigenvalue weighted by atomic mass is 16.1. The van der Waals surface area contributed by atoms with Gasteiger partial charge < -0.3 is 0 Å². The molecule has 2 nitrogen and oxygen atoms in total. The largest absolute Gasteiger partial charge is 0.299 e. The molecule has 0 bridgehead atoms. The average Bonchev–Trinajstić information content (AvgIpc) is 2.89. The van der Waals surface area contributed by atoms with Crippen molar-refractivity contribution in [3.05, 3.63) is 24.8 Å². The van der Waals surface area contributed by atoms with Gasteiger partial charge in [0.2, 0.25) is 0 Å². The van der Waals surface area contributed by atoms with Gasteiger partial charge in [0, 0.05) is 23.7 Å². The van der Waals surface area contributed by atoms with E-state index in [-0.39, 0.29) is 29.0 Å². The lowest BCUT2D eigenvalue weighted by atomic mass is 9.70. The third-order valence-electron chi connectivity index (χ3n) is 5.15. The Hall–Kier alpha value is -1.18. The molecule has 0 aromatic heterocycles. The summed E-state index contributed by atoms with van der Waals surface area (Å²) >= 11 is 0. The highest BCUT2D eigenvalue weighted by molar-refractivity contribution is 5.99. The molecular weight excluding hydrogens is 212 g/mol. The van der Waals surface area contributed by atoms with Gasteiger partial charge in [-0.05, 0) is 24.7 Å². The SMILES string of the molecule is C=CCC1(C)C(=O)C[C@@H]2C(=O)[C@H]3C=CC[C@H]3[C@@H]21. The van der Waals surface area contributed by atoms with Crippen LogP contribution in [0.15, 0.2) is 24.8 Å². The molecule has 0 spiro atoms. The van der Waals surface area contributed by atoms with Crippen molar-refractivity contribution in [1.29, 1.82) is 0 Å². The van der Waals surface area contributed by atoms with Gasteiger partial charge >= 0.3 is 0 Å². The van der Waals surface area contributed by atoms with Gasteiger partial charge in [0.25, 0.3) is 0 Å². The van der Waals surface area contributed by atoms with Crippen LogP contribution in [0.25, 0.3) is 0 Å². The molecule has 0 amide bonds. The lowest BCUT2D eigenvalue weighted by Gasteiger charge is -2.32. The number of rotatable bonds is 2. The van der Waals surface area contributed by atoms with Crippen LogP contribution in [-0.2, 0) is 9.59 Å². The molecule has 2 saturated carbocycles. The van der Waals surface area contributed by atoms with E-state index in [0.29, 0.717) is 24.5 Å². The van der Waals surface area contributed by atoms with E-state index in [1.54, 1.807) is 0 Å². The minimum atomic E-state index is -0.340. The third-order valence-corrected chi connectivity index (χ3v) is 5.15. The Labute approximate surface area is 102 Å². The first-order valence-corrected chi connectivity index (χ1v) is 6.44. The van der Waals surface area contributed by atoms with Gasteiger partial charge in [0.05, 0.1) is 0 Å². The first kappa shape index (κ1) is 10.9. The van der Waals surface area contributed by atoms with E-state index in [2.05, 4.69) is 18.7 Å². The molecule has 0 heterocycles. The van der Waals surface area contributed by atoms with Crippen LogP contribution in [0, 0.1) is 29.1 Å². The quantitative estimate of drug-likeness (QED) is 0.683. The zero-order valence-electron chi connectivity index (χ0n) is 10.2. The van der Waals surface area contributed by atoms with E-state index >= 15 is 0 Å². The minimum absolute atomic E-state index is 0.00704. The number of hydrogen-bond acceptors (Lipinski definition) is 2. The number of Topliss-reactive ketones (excluding diaryl/α,β-unsaturated/α-hetero) is 2. The van der Waals surface area contributed by atoms with E-state index in [9.17, 15) is 9.59 Å². The zero-order chi connectivity index (χ0) is 12.2. The van der Waals surface area contributed by atoms with Crippen molar-refractivity contribution >= 4 is 11.6 Å². The lowest BCUT2D eigenvalue weighted by molar-refractivity contribution is -0.128. The van der Waals surface area contributed by atoms with Gasteiger partial charge in [0.15, 0.2) is 0 Å². The second-order valence-electron chi connectivity index (χ2n) is 5.93. The van der Waals surface area contributed by atoms with Gasteiger partial charge in [-0.25, -0.2) is 0 Å². The van der Waals surface area contributed by atoms with Crippen LogP contribution in [0.5, 0.6) is 0 Å². The summed E-state index contributed by atoms with van der Waals surface area (Å²) in [6, 6.07) is 0. The van der Waals surface area contributed by atoms with E-state index < -0.39 is 0 Å². The molecule has 0 N–H and O–H groups in total. The Morgan fingerprint density at radius 3 is 3.00 bits per heavy atom. The van der Waals surface area contributed by atoms with Crippen molar-refractivity contribution in [3.63, 3.8) is 0 Å². The van der Waals surface area contributed by atoms with Crippen LogP contribution < -0.4 is 0 Å². The fraction of sp³-hybridized carbons (Fsp3) is 0.600. The smallest absolute Gasteiger partial charge is 0.143 e. The summed E-state index contributed by atoms with van der Waals surface area (Å²) in [4.78, 5) is 24.5. The van der Waals surface area contributed by atoms with Crippen molar-refractivity contribution in [1.82, 2.24) is 0 Å². The Morgan fingerprint density at radius 2 is 2.29 bits per heavy atom. The Morgan fingerprint density at radius 1 is 1.53 bits per heavy atom. The summed E-state index contributed by atoms with van der Waals surface area (Å²) in [6.07, 6.45) is 8.15. The van der Waals surface area contributed by atoms with Gasteiger partial charge in [-0.15, -0.1) is 6.58 Å². The maximum absolute atomic E-state index is 12.3. The normalized spacial score (nSPS) is 47.4. The van der Waals surface area contributed by atoms with E-state index in [0.717, 1.165) is 6.42 Å². The maximum Gasteiger partial charge on any atom is 0.143 e. The second kappa shape index (κ2) is 3.41.